The van der Waals surface area contributed by atoms with E-state index in [-0.39, 0.29) is 25.4 Å². The fourth-order valence-corrected chi connectivity index (χ4v) is 1.62. The third-order valence-corrected chi connectivity index (χ3v) is 2.40. The summed E-state index contributed by atoms with van der Waals surface area (Å²) in [6.07, 6.45) is 0. The summed E-state index contributed by atoms with van der Waals surface area (Å²) >= 11 is 5.94. The molecule has 2 rings (SSSR count). The van der Waals surface area contributed by atoms with Crippen LogP contribution in [0, 0.1) is 0 Å². The van der Waals surface area contributed by atoms with Crippen molar-refractivity contribution in [3.05, 3.63) is 47.0 Å². The molecule has 0 heterocycles. The molecule has 2 aromatic rings. The molecule has 0 saturated heterocycles. The van der Waals surface area contributed by atoms with Crippen LogP contribution in [0.25, 0.3) is 10.8 Å². The average Bonchev–Trinajstić information content (AvgIpc) is 2.17. The van der Waals surface area contributed by atoms with Crippen molar-refractivity contribution < 1.29 is 9.90 Å². The number of fused-ring (bicyclic) bond motifs is 1. The average molecular weight is 276 g/mol. The summed E-state index contributed by atoms with van der Waals surface area (Å²) in [6, 6.07) is 10.3. The van der Waals surface area contributed by atoms with Gasteiger partial charge in [-0.25, -0.2) is 4.79 Å². The number of hydrogen-bond acceptors (Lipinski definition) is 1. The van der Waals surface area contributed by atoms with E-state index in [9.17, 15) is 4.79 Å². The van der Waals surface area contributed by atoms with Crippen LogP contribution in [0.5, 0.6) is 0 Å². The minimum Gasteiger partial charge on any atom is -0.478 e. The molecule has 73 valence electrons. The Kier molecular flexibility index (Phi) is 3.85. The summed E-state index contributed by atoms with van der Waals surface area (Å²) in [4.78, 5) is 10.7. The monoisotopic (exact) mass is 275 g/mol. The topological polar surface area (TPSA) is 37.3 Å². The van der Waals surface area contributed by atoms with Gasteiger partial charge in [0.1, 0.15) is 0 Å². The summed E-state index contributed by atoms with van der Waals surface area (Å²) in [5.74, 6) is -0.924. The quantitative estimate of drug-likeness (QED) is 0.813. The number of carbonyl (C=O) groups is 1. The van der Waals surface area contributed by atoms with Crippen LogP contribution in [0.2, 0.25) is 5.02 Å². The molecule has 0 bridgehead atoms. The van der Waals surface area contributed by atoms with E-state index in [0.717, 1.165) is 10.8 Å². The fourth-order valence-electron chi connectivity index (χ4n) is 1.38. The number of carboxylic acid groups (broad SMARTS) is 1. The largest absolute Gasteiger partial charge is 0.478 e. The van der Waals surface area contributed by atoms with E-state index in [2.05, 4.69) is 0 Å². The molecular weight excluding hydrogens is 269 g/mol. The minimum atomic E-state index is -0.924. The Morgan fingerprint density at radius 1 is 1.20 bits per heavy atom. The van der Waals surface area contributed by atoms with E-state index in [1.54, 1.807) is 30.3 Å². The molecule has 2 nitrogen and oxygen atoms in total. The van der Waals surface area contributed by atoms with E-state index >= 15 is 0 Å². The van der Waals surface area contributed by atoms with Crippen molar-refractivity contribution in [3.63, 3.8) is 0 Å². The number of benzene rings is 2. The van der Waals surface area contributed by atoms with Gasteiger partial charge in [0.2, 0.25) is 0 Å². The Morgan fingerprint density at radius 3 is 2.60 bits per heavy atom. The summed E-state index contributed by atoms with van der Waals surface area (Å²) in [7, 11) is 0. The molecule has 0 aliphatic rings. The van der Waals surface area contributed by atoms with E-state index in [1.165, 1.54) is 0 Å². The zero-order valence-corrected chi connectivity index (χ0v) is 11.0. The molecule has 15 heavy (non-hydrogen) atoms. The summed E-state index contributed by atoms with van der Waals surface area (Å²) in [5, 5.41) is 11.1. The molecule has 0 spiro atoms. The molecule has 1 N–H and O–H groups in total. The predicted octanol–water partition coefficient (Wildman–Crippen LogP) is 2.81. The molecule has 3 radical (unpaired) electrons. The predicted molar refractivity (Wildman–Crippen MR) is 61.7 cm³/mol. The Hall–Kier alpha value is -0.904. The molecule has 0 aromatic heterocycles. The van der Waals surface area contributed by atoms with Crippen molar-refractivity contribution >= 4 is 48.1 Å². The normalized spacial score (nSPS) is 9.67. The van der Waals surface area contributed by atoms with Crippen molar-refractivity contribution in [2.45, 2.75) is 0 Å². The fraction of sp³-hybridized carbons (Fsp3) is 0. The van der Waals surface area contributed by atoms with E-state index < -0.39 is 5.97 Å². The van der Waals surface area contributed by atoms with E-state index in [0.29, 0.717) is 5.02 Å². The Morgan fingerprint density at radius 2 is 1.93 bits per heavy atom. The zero-order valence-electron chi connectivity index (χ0n) is 7.77. The van der Waals surface area contributed by atoms with Gasteiger partial charge in [0.15, 0.2) is 0 Å². The molecular formula is C11H7ClGaO2. The second-order valence-corrected chi connectivity index (χ2v) is 3.39. The standard InChI is InChI=1S/C11H7ClO2.Ga/c12-10-3-1-2-7-6-8(11(13)14)4-5-9(7)10;/h1-6H,(H,13,14);. The van der Waals surface area contributed by atoms with Crippen LogP contribution >= 0.6 is 11.6 Å². The second kappa shape index (κ2) is 4.74. The maximum Gasteiger partial charge on any atom is 0.335 e. The van der Waals surface area contributed by atoms with Gasteiger partial charge in [-0.15, -0.1) is 0 Å². The first-order valence-electron chi connectivity index (χ1n) is 4.10. The summed E-state index contributed by atoms with van der Waals surface area (Å²) in [5.41, 5.74) is 0.278. The van der Waals surface area contributed by atoms with E-state index in [1.807, 2.05) is 6.07 Å². The van der Waals surface area contributed by atoms with Crippen molar-refractivity contribution in [2.24, 2.45) is 0 Å². The number of rotatable bonds is 1. The third kappa shape index (κ3) is 2.37. The van der Waals surface area contributed by atoms with Gasteiger partial charge in [-0.05, 0) is 23.6 Å². The van der Waals surface area contributed by atoms with Gasteiger partial charge in [-0.3, -0.25) is 0 Å². The van der Waals surface area contributed by atoms with Crippen molar-refractivity contribution in [3.8, 4) is 0 Å². The first-order valence-corrected chi connectivity index (χ1v) is 4.48. The maximum atomic E-state index is 10.7. The van der Waals surface area contributed by atoms with Crippen LogP contribution in [0.1, 0.15) is 10.4 Å². The SMILES string of the molecule is O=C(O)c1ccc2c(Cl)cccc2c1.[Ga]. The molecule has 0 saturated carbocycles. The Labute approximate surface area is 105 Å². The van der Waals surface area contributed by atoms with Crippen LogP contribution < -0.4 is 0 Å². The molecule has 0 aliphatic heterocycles. The van der Waals surface area contributed by atoms with Gasteiger partial charge in [0, 0.05) is 30.2 Å². The van der Waals surface area contributed by atoms with Crippen LogP contribution in [-0.2, 0) is 0 Å². The Bertz CT molecular complexity index is 511. The number of hydrogen-bond donors (Lipinski definition) is 1. The molecule has 2 aromatic carbocycles. The molecule has 0 amide bonds. The second-order valence-electron chi connectivity index (χ2n) is 2.98. The number of aromatic carboxylic acids is 1. The zero-order chi connectivity index (χ0) is 10.1. The number of halogens is 1. The van der Waals surface area contributed by atoms with Gasteiger partial charge in [-0.1, -0.05) is 29.8 Å². The molecule has 0 fully saturated rings. The van der Waals surface area contributed by atoms with E-state index in [4.69, 9.17) is 16.7 Å². The van der Waals surface area contributed by atoms with Gasteiger partial charge >= 0.3 is 5.97 Å². The van der Waals surface area contributed by atoms with Gasteiger partial charge < -0.3 is 5.11 Å². The van der Waals surface area contributed by atoms with Crippen molar-refractivity contribution in [1.29, 1.82) is 0 Å². The first kappa shape index (κ1) is 12.2. The molecule has 4 heteroatoms. The third-order valence-electron chi connectivity index (χ3n) is 2.07. The maximum absolute atomic E-state index is 10.7. The number of carboxylic acids is 1. The van der Waals surface area contributed by atoms with Gasteiger partial charge in [-0.2, -0.15) is 0 Å². The van der Waals surface area contributed by atoms with Crippen molar-refractivity contribution in [2.75, 3.05) is 0 Å². The Balaban J connectivity index is 0.00000112. The molecule has 0 aliphatic carbocycles. The van der Waals surface area contributed by atoms with Crippen LogP contribution in [0.3, 0.4) is 0 Å². The summed E-state index contributed by atoms with van der Waals surface area (Å²) < 4.78 is 0. The first-order chi connectivity index (χ1) is 6.68. The van der Waals surface area contributed by atoms with Gasteiger partial charge in [0.25, 0.3) is 0 Å². The van der Waals surface area contributed by atoms with Crippen LogP contribution in [0.4, 0.5) is 0 Å². The van der Waals surface area contributed by atoms with Crippen LogP contribution in [-0.4, -0.2) is 30.9 Å². The molecule has 0 unspecified atom stereocenters. The minimum absolute atomic E-state index is 0. The molecule has 0 atom stereocenters. The van der Waals surface area contributed by atoms with Gasteiger partial charge in [0.05, 0.1) is 5.56 Å². The van der Waals surface area contributed by atoms with Crippen molar-refractivity contribution in [1.82, 2.24) is 0 Å². The van der Waals surface area contributed by atoms with Crippen LogP contribution in [0.15, 0.2) is 36.4 Å². The summed E-state index contributed by atoms with van der Waals surface area (Å²) in [6.45, 7) is 0. The smallest absolute Gasteiger partial charge is 0.335 e.